The molecule has 2 heterocycles. The molecule has 2 N–H and O–H groups in total. The van der Waals surface area contributed by atoms with Crippen molar-refractivity contribution in [2.24, 2.45) is 0 Å². The second-order valence-corrected chi connectivity index (χ2v) is 5.46. The van der Waals surface area contributed by atoms with Crippen LogP contribution in [0.1, 0.15) is 10.4 Å². The highest BCUT2D eigenvalue weighted by Gasteiger charge is 2.21. The number of hydrogen-bond acceptors (Lipinski definition) is 5. The standard InChI is InChI=1S/C18H12N2O5/c21-15-9-24-14-7-3-5-12(16(14)20-15)19-17(22)11-8-10-4-1-2-6-13(10)25-18(11)23/h1-8H,9H2,(H,19,22)(H,20,21). The summed E-state index contributed by atoms with van der Waals surface area (Å²) in [6.45, 7) is -0.0847. The van der Waals surface area contributed by atoms with Crippen molar-refractivity contribution in [3.05, 3.63) is 64.5 Å². The van der Waals surface area contributed by atoms with E-state index in [2.05, 4.69) is 10.6 Å². The minimum absolute atomic E-state index is 0.0847. The van der Waals surface area contributed by atoms with Gasteiger partial charge in [-0.25, -0.2) is 4.79 Å². The highest BCUT2D eigenvalue weighted by atomic mass is 16.5. The Hall–Kier alpha value is -3.61. The molecule has 0 atom stereocenters. The van der Waals surface area contributed by atoms with Gasteiger partial charge in [0.2, 0.25) is 0 Å². The second kappa shape index (κ2) is 5.79. The van der Waals surface area contributed by atoms with Crippen LogP contribution in [0.2, 0.25) is 0 Å². The minimum Gasteiger partial charge on any atom is -0.481 e. The first-order chi connectivity index (χ1) is 12.1. The predicted molar refractivity (Wildman–Crippen MR) is 91.0 cm³/mol. The molecule has 4 rings (SSSR count). The van der Waals surface area contributed by atoms with Crippen LogP contribution in [0, 0.1) is 0 Å². The van der Waals surface area contributed by atoms with Crippen molar-refractivity contribution in [1.29, 1.82) is 0 Å². The number of carbonyl (C=O) groups is 2. The van der Waals surface area contributed by atoms with Gasteiger partial charge in [-0.3, -0.25) is 9.59 Å². The van der Waals surface area contributed by atoms with Crippen LogP contribution >= 0.6 is 0 Å². The first kappa shape index (κ1) is 14.9. The summed E-state index contributed by atoms with van der Waals surface area (Å²) >= 11 is 0. The van der Waals surface area contributed by atoms with E-state index in [1.165, 1.54) is 6.07 Å². The van der Waals surface area contributed by atoms with Gasteiger partial charge in [0.15, 0.2) is 6.61 Å². The van der Waals surface area contributed by atoms with Gasteiger partial charge in [0.1, 0.15) is 22.6 Å². The highest BCUT2D eigenvalue weighted by Crippen LogP contribution is 2.34. The molecule has 3 aromatic rings. The largest absolute Gasteiger partial charge is 0.481 e. The maximum Gasteiger partial charge on any atom is 0.349 e. The average Bonchev–Trinajstić information content (AvgIpc) is 2.61. The Morgan fingerprint density at radius 2 is 1.92 bits per heavy atom. The van der Waals surface area contributed by atoms with Crippen molar-refractivity contribution < 1.29 is 18.7 Å². The van der Waals surface area contributed by atoms with Crippen molar-refractivity contribution in [2.75, 3.05) is 17.2 Å². The summed E-state index contributed by atoms with van der Waals surface area (Å²) in [6, 6.07) is 13.3. The summed E-state index contributed by atoms with van der Waals surface area (Å²) in [5, 5.41) is 5.91. The molecule has 0 unspecified atom stereocenters. The van der Waals surface area contributed by atoms with Crippen LogP contribution in [0.15, 0.2) is 57.7 Å². The predicted octanol–water partition coefficient (Wildman–Crippen LogP) is 2.38. The SMILES string of the molecule is O=C1COc2cccc(NC(=O)c3cc4ccccc4oc3=O)c2N1. The van der Waals surface area contributed by atoms with Crippen LogP contribution in [0.3, 0.4) is 0 Å². The zero-order valence-corrected chi connectivity index (χ0v) is 12.9. The van der Waals surface area contributed by atoms with E-state index in [1.54, 1.807) is 42.5 Å². The van der Waals surface area contributed by atoms with Gasteiger partial charge in [-0.05, 0) is 24.3 Å². The molecule has 1 aliphatic heterocycles. The molecule has 7 heteroatoms. The van der Waals surface area contributed by atoms with E-state index in [0.717, 1.165) is 0 Å². The fourth-order valence-corrected chi connectivity index (χ4v) is 2.61. The van der Waals surface area contributed by atoms with Gasteiger partial charge in [-0.2, -0.15) is 0 Å². The van der Waals surface area contributed by atoms with Crippen LogP contribution in [0.25, 0.3) is 11.0 Å². The number of benzene rings is 2. The number of anilines is 2. The summed E-state index contributed by atoms with van der Waals surface area (Å²) < 4.78 is 10.5. The summed E-state index contributed by atoms with van der Waals surface area (Å²) in [5.41, 5.74) is 0.239. The molecule has 25 heavy (non-hydrogen) atoms. The Bertz CT molecular complexity index is 1070. The van der Waals surface area contributed by atoms with Gasteiger partial charge in [0.05, 0.1) is 5.69 Å². The van der Waals surface area contributed by atoms with Crippen molar-refractivity contribution in [2.45, 2.75) is 0 Å². The molecule has 0 saturated carbocycles. The molecule has 2 aromatic carbocycles. The Morgan fingerprint density at radius 3 is 2.80 bits per heavy atom. The van der Waals surface area contributed by atoms with E-state index in [9.17, 15) is 14.4 Å². The summed E-state index contributed by atoms with van der Waals surface area (Å²) in [6.07, 6.45) is 0. The molecule has 1 aliphatic rings. The first-order valence-electron chi connectivity index (χ1n) is 7.52. The maximum absolute atomic E-state index is 12.5. The summed E-state index contributed by atoms with van der Waals surface area (Å²) in [7, 11) is 0. The fraction of sp³-hybridized carbons (Fsp3) is 0.0556. The van der Waals surface area contributed by atoms with Gasteiger partial charge < -0.3 is 19.8 Å². The third kappa shape index (κ3) is 2.72. The number of rotatable bonds is 2. The van der Waals surface area contributed by atoms with Crippen LogP contribution in [0.5, 0.6) is 5.75 Å². The lowest BCUT2D eigenvalue weighted by Crippen LogP contribution is -2.27. The zero-order chi connectivity index (χ0) is 17.4. The molecule has 2 amide bonds. The fourth-order valence-electron chi connectivity index (χ4n) is 2.61. The summed E-state index contributed by atoms with van der Waals surface area (Å²) in [4.78, 5) is 36.1. The van der Waals surface area contributed by atoms with Gasteiger partial charge in [-0.15, -0.1) is 0 Å². The third-order valence-corrected chi connectivity index (χ3v) is 3.78. The highest BCUT2D eigenvalue weighted by molar-refractivity contribution is 6.09. The molecular weight excluding hydrogens is 324 g/mol. The lowest BCUT2D eigenvalue weighted by atomic mass is 10.1. The number of amides is 2. The van der Waals surface area contributed by atoms with E-state index >= 15 is 0 Å². The van der Waals surface area contributed by atoms with Crippen molar-refractivity contribution >= 4 is 34.2 Å². The van der Waals surface area contributed by atoms with Gasteiger partial charge in [-0.1, -0.05) is 24.3 Å². The molecule has 0 aliphatic carbocycles. The van der Waals surface area contributed by atoms with E-state index in [4.69, 9.17) is 9.15 Å². The number of ether oxygens (including phenoxy) is 1. The maximum atomic E-state index is 12.5. The second-order valence-electron chi connectivity index (χ2n) is 5.46. The number of nitrogens with one attached hydrogen (secondary N) is 2. The number of para-hydroxylation sites is 2. The van der Waals surface area contributed by atoms with E-state index in [0.29, 0.717) is 28.1 Å². The van der Waals surface area contributed by atoms with E-state index in [1.807, 2.05) is 0 Å². The lowest BCUT2D eigenvalue weighted by molar-refractivity contribution is -0.118. The van der Waals surface area contributed by atoms with E-state index < -0.39 is 11.5 Å². The topological polar surface area (TPSA) is 97.6 Å². The molecule has 0 bridgehead atoms. The molecule has 1 aromatic heterocycles. The summed E-state index contributed by atoms with van der Waals surface area (Å²) in [5.74, 6) is -0.505. The lowest BCUT2D eigenvalue weighted by Gasteiger charge is -2.20. The molecule has 7 nitrogen and oxygen atoms in total. The molecule has 0 radical (unpaired) electrons. The van der Waals surface area contributed by atoms with Gasteiger partial charge >= 0.3 is 5.63 Å². The molecule has 124 valence electrons. The number of carbonyl (C=O) groups excluding carboxylic acids is 2. The third-order valence-electron chi connectivity index (χ3n) is 3.78. The van der Waals surface area contributed by atoms with Crippen LogP contribution < -0.4 is 21.0 Å². The Kier molecular flexibility index (Phi) is 3.46. The van der Waals surface area contributed by atoms with Gasteiger partial charge in [0.25, 0.3) is 11.8 Å². The van der Waals surface area contributed by atoms with Crippen LogP contribution in [-0.4, -0.2) is 18.4 Å². The monoisotopic (exact) mass is 336 g/mol. The van der Waals surface area contributed by atoms with Crippen LogP contribution in [0.4, 0.5) is 11.4 Å². The van der Waals surface area contributed by atoms with Crippen LogP contribution in [-0.2, 0) is 4.79 Å². The molecule has 0 spiro atoms. The van der Waals surface area contributed by atoms with Crippen molar-refractivity contribution in [1.82, 2.24) is 0 Å². The average molecular weight is 336 g/mol. The molecule has 0 fully saturated rings. The Labute approximate surface area is 141 Å². The number of hydrogen-bond donors (Lipinski definition) is 2. The minimum atomic E-state index is -0.735. The van der Waals surface area contributed by atoms with Crippen molar-refractivity contribution in [3.8, 4) is 5.75 Å². The van der Waals surface area contributed by atoms with E-state index in [-0.39, 0.29) is 18.1 Å². The van der Waals surface area contributed by atoms with Crippen molar-refractivity contribution in [3.63, 3.8) is 0 Å². The molecular formula is C18H12N2O5. The Morgan fingerprint density at radius 1 is 1.08 bits per heavy atom. The Balaban J connectivity index is 1.71. The quantitative estimate of drug-likeness (QED) is 0.700. The van der Waals surface area contributed by atoms with Gasteiger partial charge in [0, 0.05) is 5.39 Å². The normalized spacial score (nSPS) is 12.9. The molecule has 0 saturated heterocycles. The smallest absolute Gasteiger partial charge is 0.349 e. The number of fused-ring (bicyclic) bond motifs is 2. The zero-order valence-electron chi connectivity index (χ0n) is 12.9. The first-order valence-corrected chi connectivity index (χ1v) is 7.52.